The molecule has 1 fully saturated rings. The lowest BCUT2D eigenvalue weighted by Gasteiger charge is -2.22. The summed E-state index contributed by atoms with van der Waals surface area (Å²) in [4.78, 5) is 28.1. The minimum Gasteiger partial charge on any atom is -0.489 e. The van der Waals surface area contributed by atoms with Crippen LogP contribution in [0.15, 0.2) is 48.8 Å². The van der Waals surface area contributed by atoms with E-state index in [4.69, 9.17) is 4.74 Å². The number of nitrogens with zero attached hydrogens (tertiary/aromatic N) is 1. The number of carboxylic acids is 1. The van der Waals surface area contributed by atoms with Crippen LogP contribution in [0.2, 0.25) is 0 Å². The smallest absolute Gasteiger partial charge is 0.319 e. The van der Waals surface area contributed by atoms with Gasteiger partial charge in [-0.15, -0.1) is 0 Å². The Morgan fingerprint density at radius 3 is 2.68 bits per heavy atom. The summed E-state index contributed by atoms with van der Waals surface area (Å²) in [7, 11) is 0. The van der Waals surface area contributed by atoms with Gasteiger partial charge in [0, 0.05) is 29.7 Å². The molecule has 6 heteroatoms. The van der Waals surface area contributed by atoms with E-state index in [1.807, 2.05) is 12.1 Å². The number of hydrogen-bond acceptors (Lipinski definition) is 4. The molecule has 1 aromatic carbocycles. The number of ether oxygens (including phenoxy) is 1. The van der Waals surface area contributed by atoms with E-state index >= 15 is 0 Å². The highest BCUT2D eigenvalue weighted by Gasteiger charge is 2.48. The molecule has 2 N–H and O–H groups in total. The molecule has 130 valence electrons. The number of carboxylic acid groups (broad SMARTS) is 1. The quantitative estimate of drug-likeness (QED) is 0.788. The molecule has 0 unspecified atom stereocenters. The average molecular weight is 340 g/mol. The van der Waals surface area contributed by atoms with E-state index in [-0.39, 0.29) is 0 Å². The van der Waals surface area contributed by atoms with Gasteiger partial charge in [-0.2, -0.15) is 0 Å². The van der Waals surface area contributed by atoms with Gasteiger partial charge in [0.15, 0.2) is 0 Å². The predicted octanol–water partition coefficient (Wildman–Crippen LogP) is 3.24. The standard InChI is InChI=1S/C19H20N2O4/c22-17(19(18(23)24)8-1-2-9-19)21-15-6-3-7-16(11-15)25-13-14-5-4-10-20-12-14/h3-7,10-12H,1-2,8-9,13H2,(H,21,22)(H,23,24). The van der Waals surface area contributed by atoms with Crippen molar-refractivity contribution in [2.45, 2.75) is 32.3 Å². The molecule has 6 nitrogen and oxygen atoms in total. The molecule has 2 aromatic rings. The molecule has 25 heavy (non-hydrogen) atoms. The highest BCUT2D eigenvalue weighted by atomic mass is 16.5. The third-order valence-electron chi connectivity index (χ3n) is 4.52. The lowest BCUT2D eigenvalue weighted by atomic mass is 9.85. The molecule has 1 aromatic heterocycles. The van der Waals surface area contributed by atoms with Crippen LogP contribution in [-0.2, 0) is 16.2 Å². The first-order chi connectivity index (χ1) is 12.1. The second-order valence-electron chi connectivity index (χ2n) is 6.23. The first-order valence-corrected chi connectivity index (χ1v) is 8.27. The van der Waals surface area contributed by atoms with Crippen LogP contribution < -0.4 is 10.1 Å². The van der Waals surface area contributed by atoms with E-state index in [1.165, 1.54) is 0 Å². The van der Waals surface area contributed by atoms with E-state index < -0.39 is 17.3 Å². The summed E-state index contributed by atoms with van der Waals surface area (Å²) in [6.45, 7) is 0.365. The van der Waals surface area contributed by atoms with Gasteiger partial charge in [0.1, 0.15) is 17.8 Å². The Morgan fingerprint density at radius 1 is 1.20 bits per heavy atom. The molecule has 1 aliphatic rings. The Bertz CT molecular complexity index is 755. The van der Waals surface area contributed by atoms with Crippen LogP contribution in [0, 0.1) is 5.41 Å². The Labute approximate surface area is 145 Å². The van der Waals surface area contributed by atoms with Crippen LogP contribution in [0.3, 0.4) is 0 Å². The summed E-state index contributed by atoms with van der Waals surface area (Å²) in [5.41, 5.74) is 0.154. The molecule has 0 atom stereocenters. The van der Waals surface area contributed by atoms with Gasteiger partial charge in [-0.25, -0.2) is 0 Å². The van der Waals surface area contributed by atoms with Crippen molar-refractivity contribution in [3.05, 3.63) is 54.4 Å². The summed E-state index contributed by atoms with van der Waals surface area (Å²) < 4.78 is 5.70. The molecule has 0 bridgehead atoms. The molecule has 1 aliphatic carbocycles. The minimum atomic E-state index is -1.31. The zero-order valence-corrected chi connectivity index (χ0v) is 13.8. The van der Waals surface area contributed by atoms with Crippen molar-refractivity contribution < 1.29 is 19.4 Å². The Hall–Kier alpha value is -2.89. The van der Waals surface area contributed by atoms with Gasteiger partial charge >= 0.3 is 5.97 Å². The van der Waals surface area contributed by atoms with Crippen molar-refractivity contribution in [2.75, 3.05) is 5.32 Å². The monoisotopic (exact) mass is 340 g/mol. The number of amides is 1. The van der Waals surface area contributed by atoms with Crippen LogP contribution in [0.4, 0.5) is 5.69 Å². The van der Waals surface area contributed by atoms with Gasteiger partial charge in [-0.05, 0) is 31.0 Å². The first-order valence-electron chi connectivity index (χ1n) is 8.27. The van der Waals surface area contributed by atoms with Crippen molar-refractivity contribution in [1.29, 1.82) is 0 Å². The van der Waals surface area contributed by atoms with Gasteiger partial charge in [-0.3, -0.25) is 14.6 Å². The van der Waals surface area contributed by atoms with Crippen molar-refractivity contribution >= 4 is 17.6 Å². The molecule has 0 spiro atoms. The van der Waals surface area contributed by atoms with Gasteiger partial charge in [-0.1, -0.05) is 25.0 Å². The molecule has 3 rings (SSSR count). The Kier molecular flexibility index (Phi) is 4.97. The van der Waals surface area contributed by atoms with E-state index in [9.17, 15) is 14.7 Å². The molecule has 1 amide bonds. The maximum Gasteiger partial charge on any atom is 0.319 e. The average Bonchev–Trinajstić information content (AvgIpc) is 3.13. The summed E-state index contributed by atoms with van der Waals surface area (Å²) in [6.07, 6.45) is 5.70. The predicted molar refractivity (Wildman–Crippen MR) is 92.2 cm³/mol. The second-order valence-corrected chi connectivity index (χ2v) is 6.23. The van der Waals surface area contributed by atoms with E-state index in [2.05, 4.69) is 10.3 Å². The molecule has 1 heterocycles. The first kappa shape index (κ1) is 17.0. The number of rotatable bonds is 6. The Morgan fingerprint density at radius 2 is 2.00 bits per heavy atom. The number of carbonyl (C=O) groups excluding carboxylic acids is 1. The summed E-state index contributed by atoms with van der Waals surface area (Å²) in [6, 6.07) is 10.7. The van der Waals surface area contributed by atoms with Crippen LogP contribution in [-0.4, -0.2) is 22.0 Å². The number of carbonyl (C=O) groups is 2. The van der Waals surface area contributed by atoms with Crippen LogP contribution in [0.25, 0.3) is 0 Å². The van der Waals surface area contributed by atoms with Crippen LogP contribution >= 0.6 is 0 Å². The number of nitrogens with one attached hydrogen (secondary N) is 1. The number of aromatic nitrogens is 1. The highest BCUT2D eigenvalue weighted by molar-refractivity contribution is 6.08. The second kappa shape index (κ2) is 7.34. The fourth-order valence-electron chi connectivity index (χ4n) is 3.08. The lowest BCUT2D eigenvalue weighted by Crippen LogP contribution is -2.40. The third-order valence-corrected chi connectivity index (χ3v) is 4.52. The maximum atomic E-state index is 12.5. The van der Waals surface area contributed by atoms with Crippen LogP contribution in [0.1, 0.15) is 31.2 Å². The molecule has 1 saturated carbocycles. The minimum absolute atomic E-state index is 0.365. The fraction of sp³-hybridized carbons (Fsp3) is 0.316. The van der Waals surface area contributed by atoms with Gasteiger partial charge in [0.2, 0.25) is 5.91 Å². The molecule has 0 aliphatic heterocycles. The normalized spacial score (nSPS) is 15.5. The van der Waals surface area contributed by atoms with E-state index in [0.29, 0.717) is 30.9 Å². The van der Waals surface area contributed by atoms with Crippen LogP contribution in [0.5, 0.6) is 5.75 Å². The summed E-state index contributed by atoms with van der Waals surface area (Å²) in [5.74, 6) is -0.911. The summed E-state index contributed by atoms with van der Waals surface area (Å²) >= 11 is 0. The van der Waals surface area contributed by atoms with Crippen molar-refractivity contribution in [2.24, 2.45) is 5.41 Å². The molecular formula is C19H20N2O4. The summed E-state index contributed by atoms with van der Waals surface area (Å²) in [5, 5.41) is 12.2. The van der Waals surface area contributed by atoms with Crippen molar-refractivity contribution in [1.82, 2.24) is 4.98 Å². The van der Waals surface area contributed by atoms with Crippen molar-refractivity contribution in [3.8, 4) is 5.75 Å². The van der Waals surface area contributed by atoms with Gasteiger partial charge in [0.05, 0.1) is 0 Å². The fourth-order valence-corrected chi connectivity index (χ4v) is 3.08. The SMILES string of the molecule is O=C(O)C1(C(=O)Nc2cccc(OCc3cccnc3)c2)CCCC1. The van der Waals surface area contributed by atoms with Gasteiger partial charge in [0.25, 0.3) is 0 Å². The molecular weight excluding hydrogens is 320 g/mol. The van der Waals surface area contributed by atoms with Crippen molar-refractivity contribution in [3.63, 3.8) is 0 Å². The third kappa shape index (κ3) is 3.79. The van der Waals surface area contributed by atoms with E-state index in [0.717, 1.165) is 18.4 Å². The number of benzene rings is 1. The largest absolute Gasteiger partial charge is 0.489 e. The number of hydrogen-bond donors (Lipinski definition) is 2. The molecule has 0 radical (unpaired) electrons. The van der Waals surface area contributed by atoms with Gasteiger partial charge < -0.3 is 15.2 Å². The topological polar surface area (TPSA) is 88.5 Å². The Balaban J connectivity index is 1.67. The van der Waals surface area contributed by atoms with E-state index in [1.54, 1.807) is 36.7 Å². The molecule has 0 saturated heterocycles. The number of anilines is 1. The maximum absolute atomic E-state index is 12.5. The number of aliphatic carboxylic acids is 1. The number of pyridine rings is 1. The zero-order chi connectivity index (χ0) is 17.7. The lowest BCUT2D eigenvalue weighted by molar-refractivity contribution is -0.153. The zero-order valence-electron chi connectivity index (χ0n) is 13.8. The highest BCUT2D eigenvalue weighted by Crippen LogP contribution is 2.39.